The standard InChI is InChI=1S/C15H16BrFN2/c1-10-2-5-12(9-14(10)17)15(19-18)8-11-3-6-13(16)7-4-11/h2-7,9,15,19H,8,18H2,1H3. The maximum atomic E-state index is 13.6. The zero-order valence-electron chi connectivity index (χ0n) is 10.7. The van der Waals surface area contributed by atoms with Gasteiger partial charge in [0.1, 0.15) is 5.82 Å². The van der Waals surface area contributed by atoms with E-state index < -0.39 is 0 Å². The molecule has 0 radical (unpaired) electrons. The van der Waals surface area contributed by atoms with E-state index in [2.05, 4.69) is 21.4 Å². The van der Waals surface area contributed by atoms with Gasteiger partial charge in [-0.1, -0.05) is 40.2 Å². The summed E-state index contributed by atoms with van der Waals surface area (Å²) in [7, 11) is 0. The molecule has 0 amide bonds. The van der Waals surface area contributed by atoms with Crippen LogP contribution in [0.25, 0.3) is 0 Å². The molecule has 0 saturated carbocycles. The van der Waals surface area contributed by atoms with Crippen molar-refractivity contribution in [1.82, 2.24) is 5.43 Å². The highest BCUT2D eigenvalue weighted by atomic mass is 79.9. The molecule has 0 spiro atoms. The molecule has 100 valence electrons. The fourth-order valence-electron chi connectivity index (χ4n) is 1.96. The molecule has 0 aromatic heterocycles. The van der Waals surface area contributed by atoms with E-state index >= 15 is 0 Å². The van der Waals surface area contributed by atoms with Crippen LogP contribution in [-0.2, 0) is 6.42 Å². The molecule has 0 aliphatic heterocycles. The van der Waals surface area contributed by atoms with Crippen molar-refractivity contribution in [2.45, 2.75) is 19.4 Å². The summed E-state index contributed by atoms with van der Waals surface area (Å²) < 4.78 is 14.6. The Labute approximate surface area is 120 Å². The van der Waals surface area contributed by atoms with Crippen molar-refractivity contribution in [2.24, 2.45) is 5.84 Å². The summed E-state index contributed by atoms with van der Waals surface area (Å²) in [5.74, 6) is 5.39. The van der Waals surface area contributed by atoms with Crippen LogP contribution in [0.5, 0.6) is 0 Å². The Kier molecular flexibility index (Phi) is 4.69. The molecule has 1 unspecified atom stereocenters. The predicted octanol–water partition coefficient (Wildman–Crippen LogP) is 3.64. The van der Waals surface area contributed by atoms with E-state index in [9.17, 15) is 4.39 Å². The van der Waals surface area contributed by atoms with Gasteiger partial charge >= 0.3 is 0 Å². The molecular weight excluding hydrogens is 307 g/mol. The van der Waals surface area contributed by atoms with Crippen molar-refractivity contribution in [1.29, 1.82) is 0 Å². The normalized spacial score (nSPS) is 12.4. The highest BCUT2D eigenvalue weighted by molar-refractivity contribution is 9.10. The summed E-state index contributed by atoms with van der Waals surface area (Å²) in [6.07, 6.45) is 0.715. The Bertz CT molecular complexity index is 555. The number of benzene rings is 2. The Morgan fingerprint density at radius 2 is 1.89 bits per heavy atom. The monoisotopic (exact) mass is 322 g/mol. The largest absolute Gasteiger partial charge is 0.271 e. The highest BCUT2D eigenvalue weighted by Crippen LogP contribution is 2.21. The summed E-state index contributed by atoms with van der Waals surface area (Å²) in [5.41, 5.74) is 5.39. The third-order valence-corrected chi connectivity index (χ3v) is 3.68. The van der Waals surface area contributed by atoms with Crippen LogP contribution in [-0.4, -0.2) is 0 Å². The van der Waals surface area contributed by atoms with Gasteiger partial charge in [-0.25, -0.2) is 4.39 Å². The zero-order chi connectivity index (χ0) is 13.8. The van der Waals surface area contributed by atoms with Gasteiger partial charge in [0.05, 0.1) is 6.04 Å². The molecular formula is C15H16BrFN2. The average molecular weight is 323 g/mol. The van der Waals surface area contributed by atoms with Gasteiger partial charge in [0.15, 0.2) is 0 Å². The lowest BCUT2D eigenvalue weighted by Crippen LogP contribution is -2.29. The van der Waals surface area contributed by atoms with Crippen LogP contribution in [0.1, 0.15) is 22.7 Å². The minimum absolute atomic E-state index is 0.101. The number of hydrazine groups is 1. The number of hydrogen-bond acceptors (Lipinski definition) is 2. The molecule has 3 N–H and O–H groups in total. The van der Waals surface area contributed by atoms with E-state index in [1.54, 1.807) is 19.1 Å². The number of halogens is 2. The third-order valence-electron chi connectivity index (χ3n) is 3.15. The van der Waals surface area contributed by atoms with E-state index in [0.29, 0.717) is 12.0 Å². The molecule has 0 heterocycles. The van der Waals surface area contributed by atoms with Crippen molar-refractivity contribution < 1.29 is 4.39 Å². The molecule has 19 heavy (non-hydrogen) atoms. The van der Waals surface area contributed by atoms with Gasteiger partial charge in [-0.05, 0) is 48.2 Å². The molecule has 2 aromatic rings. The highest BCUT2D eigenvalue weighted by Gasteiger charge is 2.12. The van der Waals surface area contributed by atoms with Gasteiger partial charge in [-0.3, -0.25) is 11.3 Å². The van der Waals surface area contributed by atoms with Gasteiger partial charge in [-0.2, -0.15) is 0 Å². The number of aryl methyl sites for hydroxylation is 1. The summed E-state index contributed by atoms with van der Waals surface area (Å²) >= 11 is 3.40. The average Bonchev–Trinajstić information content (AvgIpc) is 2.41. The number of nitrogens with two attached hydrogens (primary N) is 1. The molecule has 2 aromatic carbocycles. The van der Waals surface area contributed by atoms with Gasteiger partial charge in [0, 0.05) is 4.47 Å². The van der Waals surface area contributed by atoms with E-state index in [4.69, 9.17) is 5.84 Å². The molecule has 0 bridgehead atoms. The van der Waals surface area contributed by atoms with Gasteiger partial charge in [-0.15, -0.1) is 0 Å². The first-order chi connectivity index (χ1) is 9.10. The molecule has 0 aliphatic carbocycles. The van der Waals surface area contributed by atoms with Crippen LogP contribution in [0.15, 0.2) is 46.9 Å². The van der Waals surface area contributed by atoms with Gasteiger partial charge in [0.2, 0.25) is 0 Å². The fraction of sp³-hybridized carbons (Fsp3) is 0.200. The second kappa shape index (κ2) is 6.28. The minimum Gasteiger partial charge on any atom is -0.271 e. The fourth-order valence-corrected chi connectivity index (χ4v) is 2.22. The van der Waals surface area contributed by atoms with Crippen LogP contribution in [0.3, 0.4) is 0 Å². The Morgan fingerprint density at radius 1 is 1.21 bits per heavy atom. The van der Waals surface area contributed by atoms with E-state index in [-0.39, 0.29) is 11.9 Å². The smallest absolute Gasteiger partial charge is 0.126 e. The first-order valence-corrected chi connectivity index (χ1v) is 6.86. The maximum absolute atomic E-state index is 13.6. The Hall–Kier alpha value is -1.23. The van der Waals surface area contributed by atoms with Gasteiger partial charge < -0.3 is 0 Å². The van der Waals surface area contributed by atoms with Crippen molar-refractivity contribution in [3.8, 4) is 0 Å². The number of nitrogens with one attached hydrogen (secondary N) is 1. The molecule has 4 heteroatoms. The first-order valence-electron chi connectivity index (χ1n) is 6.07. The van der Waals surface area contributed by atoms with E-state index in [1.807, 2.05) is 30.3 Å². The zero-order valence-corrected chi connectivity index (χ0v) is 12.2. The van der Waals surface area contributed by atoms with Crippen molar-refractivity contribution >= 4 is 15.9 Å². The lowest BCUT2D eigenvalue weighted by molar-refractivity contribution is 0.543. The lowest BCUT2D eigenvalue weighted by Gasteiger charge is -2.17. The Morgan fingerprint density at radius 3 is 2.47 bits per heavy atom. The minimum atomic E-state index is -0.200. The first kappa shape index (κ1) is 14.2. The second-order valence-corrected chi connectivity index (χ2v) is 5.47. The predicted molar refractivity (Wildman–Crippen MR) is 79.0 cm³/mol. The summed E-state index contributed by atoms with van der Waals surface area (Å²) in [6, 6.07) is 13.1. The SMILES string of the molecule is Cc1ccc(C(Cc2ccc(Br)cc2)NN)cc1F. The third kappa shape index (κ3) is 3.62. The van der Waals surface area contributed by atoms with E-state index in [0.717, 1.165) is 15.6 Å². The van der Waals surface area contributed by atoms with Crippen LogP contribution in [0.4, 0.5) is 4.39 Å². The van der Waals surface area contributed by atoms with Crippen molar-refractivity contribution in [2.75, 3.05) is 0 Å². The van der Waals surface area contributed by atoms with Crippen LogP contribution in [0.2, 0.25) is 0 Å². The van der Waals surface area contributed by atoms with Crippen molar-refractivity contribution in [3.05, 3.63) is 69.4 Å². The molecule has 0 saturated heterocycles. The summed E-state index contributed by atoms with van der Waals surface area (Å²) in [5, 5.41) is 0. The summed E-state index contributed by atoms with van der Waals surface area (Å²) in [4.78, 5) is 0. The van der Waals surface area contributed by atoms with Crippen LogP contribution in [0, 0.1) is 12.7 Å². The van der Waals surface area contributed by atoms with E-state index in [1.165, 1.54) is 0 Å². The van der Waals surface area contributed by atoms with Crippen LogP contribution >= 0.6 is 15.9 Å². The lowest BCUT2D eigenvalue weighted by atomic mass is 9.98. The van der Waals surface area contributed by atoms with Crippen molar-refractivity contribution in [3.63, 3.8) is 0 Å². The Balaban J connectivity index is 2.19. The maximum Gasteiger partial charge on any atom is 0.126 e. The quantitative estimate of drug-likeness (QED) is 0.666. The number of rotatable bonds is 4. The summed E-state index contributed by atoms with van der Waals surface area (Å²) in [6.45, 7) is 1.75. The van der Waals surface area contributed by atoms with Crippen LogP contribution < -0.4 is 11.3 Å². The molecule has 2 rings (SSSR count). The molecule has 1 atom stereocenters. The molecule has 0 fully saturated rings. The second-order valence-electron chi connectivity index (χ2n) is 4.56. The topological polar surface area (TPSA) is 38.0 Å². The van der Waals surface area contributed by atoms with Gasteiger partial charge in [0.25, 0.3) is 0 Å². The number of hydrogen-bond donors (Lipinski definition) is 2. The molecule has 2 nitrogen and oxygen atoms in total. The molecule has 0 aliphatic rings.